The fourth-order valence-electron chi connectivity index (χ4n) is 3.96. The van der Waals surface area contributed by atoms with E-state index < -0.39 is 0 Å². The number of benzene rings is 1. The highest BCUT2D eigenvalue weighted by atomic mass is 16.5. The van der Waals surface area contributed by atoms with Crippen molar-refractivity contribution in [1.29, 1.82) is 0 Å². The first kappa shape index (κ1) is 14.4. The standard InChI is InChI=1S/C18H25NO2/c1-12-10-15(7-9-17(12)19)18(20)21-16-8-6-13-4-2-3-5-14(13)11-16/h7,9-10,13-14,16H,2-6,8,11,19H2,1H3. The molecule has 1 aromatic carbocycles. The quantitative estimate of drug-likeness (QED) is 0.658. The van der Waals surface area contributed by atoms with E-state index in [0.717, 1.165) is 30.2 Å². The molecule has 2 fully saturated rings. The third-order valence-corrected chi connectivity index (χ3v) is 5.27. The van der Waals surface area contributed by atoms with Crippen LogP contribution in [0.4, 0.5) is 5.69 Å². The first-order valence-electron chi connectivity index (χ1n) is 8.20. The van der Waals surface area contributed by atoms with E-state index in [0.29, 0.717) is 11.3 Å². The van der Waals surface area contributed by atoms with Gasteiger partial charge >= 0.3 is 5.97 Å². The fourth-order valence-corrected chi connectivity index (χ4v) is 3.96. The molecule has 3 rings (SSSR count). The van der Waals surface area contributed by atoms with Crippen LogP contribution in [-0.4, -0.2) is 12.1 Å². The minimum absolute atomic E-state index is 0.106. The second-order valence-electron chi connectivity index (χ2n) is 6.72. The van der Waals surface area contributed by atoms with Gasteiger partial charge in [-0.2, -0.15) is 0 Å². The Hall–Kier alpha value is -1.51. The Labute approximate surface area is 126 Å². The average molecular weight is 287 g/mol. The predicted molar refractivity (Wildman–Crippen MR) is 84.1 cm³/mol. The molecule has 0 radical (unpaired) electrons. The number of ether oxygens (including phenoxy) is 1. The van der Waals surface area contributed by atoms with Crippen molar-refractivity contribution < 1.29 is 9.53 Å². The highest BCUT2D eigenvalue weighted by Gasteiger charge is 2.33. The maximum Gasteiger partial charge on any atom is 0.338 e. The summed E-state index contributed by atoms with van der Waals surface area (Å²) >= 11 is 0. The SMILES string of the molecule is Cc1cc(C(=O)OC2CCC3CCCCC3C2)ccc1N. The lowest BCUT2D eigenvalue weighted by Gasteiger charge is -2.38. The van der Waals surface area contributed by atoms with Crippen LogP contribution in [0.25, 0.3) is 0 Å². The van der Waals surface area contributed by atoms with Gasteiger partial charge in [-0.1, -0.05) is 25.7 Å². The molecule has 3 unspecified atom stereocenters. The second kappa shape index (κ2) is 6.08. The number of esters is 1. The molecule has 2 saturated carbocycles. The van der Waals surface area contributed by atoms with E-state index in [4.69, 9.17) is 10.5 Å². The number of hydrogen-bond donors (Lipinski definition) is 1. The normalized spacial score (nSPS) is 28.7. The third kappa shape index (κ3) is 3.22. The Bertz CT molecular complexity index is 526. The molecule has 2 aliphatic carbocycles. The molecule has 1 aromatic rings. The first-order valence-corrected chi connectivity index (χ1v) is 8.20. The number of nitrogens with two attached hydrogens (primary N) is 1. The Morgan fingerprint density at radius 3 is 2.67 bits per heavy atom. The van der Waals surface area contributed by atoms with Crippen molar-refractivity contribution in [3.05, 3.63) is 29.3 Å². The number of fused-ring (bicyclic) bond motifs is 1. The Morgan fingerprint density at radius 2 is 1.90 bits per heavy atom. The molecule has 2 aliphatic rings. The second-order valence-corrected chi connectivity index (χ2v) is 6.72. The van der Waals surface area contributed by atoms with E-state index in [1.807, 2.05) is 13.0 Å². The summed E-state index contributed by atoms with van der Waals surface area (Å²) in [5.41, 5.74) is 8.06. The van der Waals surface area contributed by atoms with Crippen molar-refractivity contribution in [3.63, 3.8) is 0 Å². The summed E-state index contributed by atoms with van der Waals surface area (Å²) in [6.07, 6.45) is 8.85. The third-order valence-electron chi connectivity index (χ3n) is 5.27. The van der Waals surface area contributed by atoms with Gasteiger partial charge in [0.2, 0.25) is 0 Å². The number of carbonyl (C=O) groups excluding carboxylic acids is 1. The van der Waals surface area contributed by atoms with Gasteiger partial charge in [-0.3, -0.25) is 0 Å². The number of hydrogen-bond acceptors (Lipinski definition) is 3. The predicted octanol–water partition coefficient (Wildman–Crippen LogP) is 4.09. The summed E-state index contributed by atoms with van der Waals surface area (Å²) < 4.78 is 5.74. The lowest BCUT2D eigenvalue weighted by molar-refractivity contribution is -0.000928. The molecule has 3 nitrogen and oxygen atoms in total. The Balaban J connectivity index is 1.61. The van der Waals surface area contributed by atoms with E-state index in [1.54, 1.807) is 12.1 Å². The minimum Gasteiger partial charge on any atom is -0.459 e. The lowest BCUT2D eigenvalue weighted by Crippen LogP contribution is -2.33. The lowest BCUT2D eigenvalue weighted by atomic mass is 9.70. The zero-order chi connectivity index (χ0) is 14.8. The van der Waals surface area contributed by atoms with Gasteiger partial charge in [0, 0.05) is 5.69 Å². The molecule has 0 heterocycles. The van der Waals surface area contributed by atoms with Gasteiger partial charge in [-0.15, -0.1) is 0 Å². The van der Waals surface area contributed by atoms with E-state index in [1.165, 1.54) is 32.1 Å². The van der Waals surface area contributed by atoms with Crippen molar-refractivity contribution in [2.45, 2.75) is 58.0 Å². The summed E-state index contributed by atoms with van der Waals surface area (Å²) in [7, 11) is 0. The van der Waals surface area contributed by atoms with Gasteiger partial charge < -0.3 is 10.5 Å². The molecule has 0 aliphatic heterocycles. The van der Waals surface area contributed by atoms with Gasteiger partial charge in [-0.05, 0) is 61.8 Å². The van der Waals surface area contributed by atoms with Crippen LogP contribution < -0.4 is 5.73 Å². The van der Waals surface area contributed by atoms with Crippen LogP contribution in [0.3, 0.4) is 0 Å². The highest BCUT2D eigenvalue weighted by Crippen LogP contribution is 2.41. The van der Waals surface area contributed by atoms with Gasteiger partial charge in [0.25, 0.3) is 0 Å². The monoisotopic (exact) mass is 287 g/mol. The summed E-state index contributed by atoms with van der Waals surface area (Å²) in [5, 5.41) is 0. The van der Waals surface area contributed by atoms with E-state index in [-0.39, 0.29) is 12.1 Å². The van der Waals surface area contributed by atoms with Gasteiger partial charge in [0.05, 0.1) is 5.56 Å². The number of aryl methyl sites for hydroxylation is 1. The Morgan fingerprint density at radius 1 is 1.14 bits per heavy atom. The smallest absolute Gasteiger partial charge is 0.338 e. The molecular formula is C18H25NO2. The maximum absolute atomic E-state index is 12.3. The summed E-state index contributed by atoms with van der Waals surface area (Å²) in [6.45, 7) is 1.92. The molecule has 0 saturated heterocycles. The molecule has 3 heteroatoms. The molecule has 21 heavy (non-hydrogen) atoms. The molecule has 0 bridgehead atoms. The van der Waals surface area contributed by atoms with E-state index >= 15 is 0 Å². The number of anilines is 1. The summed E-state index contributed by atoms with van der Waals surface area (Å²) in [5.74, 6) is 1.46. The van der Waals surface area contributed by atoms with Crippen molar-refractivity contribution in [3.8, 4) is 0 Å². The van der Waals surface area contributed by atoms with Crippen LogP contribution in [0.15, 0.2) is 18.2 Å². The van der Waals surface area contributed by atoms with E-state index in [2.05, 4.69) is 0 Å². The van der Waals surface area contributed by atoms with Gasteiger partial charge in [-0.25, -0.2) is 4.79 Å². The topological polar surface area (TPSA) is 52.3 Å². The molecule has 2 N–H and O–H groups in total. The molecule has 114 valence electrons. The van der Waals surface area contributed by atoms with Crippen molar-refractivity contribution in [1.82, 2.24) is 0 Å². The van der Waals surface area contributed by atoms with Crippen LogP contribution >= 0.6 is 0 Å². The molecule has 0 aromatic heterocycles. The van der Waals surface area contributed by atoms with Crippen molar-refractivity contribution in [2.24, 2.45) is 11.8 Å². The molecular weight excluding hydrogens is 262 g/mol. The molecule has 0 spiro atoms. The number of nitrogen functional groups attached to an aromatic ring is 1. The zero-order valence-corrected chi connectivity index (χ0v) is 12.8. The highest BCUT2D eigenvalue weighted by molar-refractivity contribution is 5.90. The molecule has 0 amide bonds. The van der Waals surface area contributed by atoms with Crippen LogP contribution in [0.2, 0.25) is 0 Å². The van der Waals surface area contributed by atoms with Gasteiger partial charge in [0.15, 0.2) is 0 Å². The van der Waals surface area contributed by atoms with Crippen LogP contribution in [0.1, 0.15) is 60.9 Å². The number of carbonyl (C=O) groups is 1. The first-order chi connectivity index (χ1) is 10.1. The summed E-state index contributed by atoms with van der Waals surface area (Å²) in [4.78, 5) is 12.3. The zero-order valence-electron chi connectivity index (χ0n) is 12.8. The summed E-state index contributed by atoms with van der Waals surface area (Å²) in [6, 6.07) is 5.37. The van der Waals surface area contributed by atoms with E-state index in [9.17, 15) is 4.79 Å². The maximum atomic E-state index is 12.3. The Kier molecular flexibility index (Phi) is 4.18. The minimum atomic E-state index is -0.197. The van der Waals surface area contributed by atoms with Crippen LogP contribution in [0, 0.1) is 18.8 Å². The largest absolute Gasteiger partial charge is 0.459 e. The van der Waals surface area contributed by atoms with Crippen LogP contribution in [-0.2, 0) is 4.74 Å². The van der Waals surface area contributed by atoms with Crippen molar-refractivity contribution >= 4 is 11.7 Å². The number of rotatable bonds is 2. The average Bonchev–Trinajstić information content (AvgIpc) is 2.50. The molecule has 3 atom stereocenters. The van der Waals surface area contributed by atoms with Crippen LogP contribution in [0.5, 0.6) is 0 Å². The van der Waals surface area contributed by atoms with Crippen molar-refractivity contribution in [2.75, 3.05) is 5.73 Å². The fraction of sp³-hybridized carbons (Fsp3) is 0.611. The van der Waals surface area contributed by atoms with Gasteiger partial charge in [0.1, 0.15) is 6.10 Å².